The molecule has 126 valence electrons. The Labute approximate surface area is 137 Å². The highest BCUT2D eigenvalue weighted by Crippen LogP contribution is 2.29. The molecule has 1 aromatic heterocycles. The monoisotopic (exact) mass is 318 g/mol. The molecule has 1 atom stereocenters. The van der Waals surface area contributed by atoms with E-state index in [1.807, 2.05) is 36.0 Å². The third kappa shape index (κ3) is 4.12. The Balaban J connectivity index is 1.48. The largest absolute Gasteiger partial charge is 0.471 e. The zero-order valence-corrected chi connectivity index (χ0v) is 14.1. The summed E-state index contributed by atoms with van der Waals surface area (Å²) in [6, 6.07) is 3.73. The summed E-state index contributed by atoms with van der Waals surface area (Å²) in [4.78, 5) is 16.2. The highest BCUT2D eigenvalue weighted by atomic mass is 16.5. The Bertz CT molecular complexity index is 526. The molecule has 0 bridgehead atoms. The second-order valence-corrected chi connectivity index (χ2v) is 6.85. The lowest BCUT2D eigenvalue weighted by atomic mass is 10.0. The van der Waals surface area contributed by atoms with Crippen molar-refractivity contribution in [3.63, 3.8) is 0 Å². The molecular weight excluding hydrogens is 292 g/mol. The second kappa shape index (κ2) is 7.15. The number of aromatic nitrogens is 2. The van der Waals surface area contributed by atoms with Crippen molar-refractivity contribution < 1.29 is 9.53 Å². The lowest BCUT2D eigenvalue weighted by Gasteiger charge is -2.19. The van der Waals surface area contributed by atoms with Crippen LogP contribution < -0.4 is 9.64 Å². The van der Waals surface area contributed by atoms with E-state index in [9.17, 15) is 4.79 Å². The van der Waals surface area contributed by atoms with Gasteiger partial charge in [-0.3, -0.25) is 4.79 Å². The fraction of sp³-hybridized carbons (Fsp3) is 0.706. The van der Waals surface area contributed by atoms with Gasteiger partial charge < -0.3 is 14.5 Å². The molecule has 6 heteroatoms. The Hall–Kier alpha value is -1.85. The van der Waals surface area contributed by atoms with Crippen molar-refractivity contribution in [3.05, 3.63) is 12.1 Å². The number of amides is 1. The molecule has 1 saturated heterocycles. The van der Waals surface area contributed by atoms with Crippen molar-refractivity contribution in [2.45, 2.75) is 44.6 Å². The zero-order valence-electron chi connectivity index (χ0n) is 14.1. The van der Waals surface area contributed by atoms with Crippen LogP contribution in [-0.4, -0.2) is 54.3 Å². The number of carbonyl (C=O) groups excluding carboxylic acids is 1. The summed E-state index contributed by atoms with van der Waals surface area (Å²) in [5.41, 5.74) is 0. The van der Waals surface area contributed by atoms with Gasteiger partial charge in [-0.15, -0.1) is 10.2 Å². The van der Waals surface area contributed by atoms with Crippen LogP contribution in [0.15, 0.2) is 12.1 Å². The van der Waals surface area contributed by atoms with Gasteiger partial charge in [-0.2, -0.15) is 0 Å². The molecule has 0 N–H and O–H groups in total. The SMILES string of the molecule is CN(C)c1ccc(OC2CCN(C(=O)CC3CCCC3)C2)nn1. The zero-order chi connectivity index (χ0) is 16.2. The van der Waals surface area contributed by atoms with E-state index in [1.165, 1.54) is 25.7 Å². The van der Waals surface area contributed by atoms with Crippen molar-refractivity contribution in [2.24, 2.45) is 5.92 Å². The molecular formula is C17H26N4O2. The molecule has 1 aliphatic carbocycles. The standard InChI is InChI=1S/C17H26N4O2/c1-20(2)15-7-8-16(19-18-15)23-14-9-10-21(12-14)17(22)11-13-5-3-4-6-13/h7-8,13-14H,3-6,9-12H2,1-2H3. The molecule has 2 aliphatic rings. The van der Waals surface area contributed by atoms with E-state index in [-0.39, 0.29) is 12.0 Å². The first-order valence-electron chi connectivity index (χ1n) is 8.57. The van der Waals surface area contributed by atoms with Gasteiger partial charge in [0.1, 0.15) is 6.10 Å². The van der Waals surface area contributed by atoms with Gasteiger partial charge in [-0.1, -0.05) is 12.8 Å². The minimum absolute atomic E-state index is 0.0297. The quantitative estimate of drug-likeness (QED) is 0.832. The molecule has 3 rings (SSSR count). The van der Waals surface area contributed by atoms with E-state index >= 15 is 0 Å². The van der Waals surface area contributed by atoms with E-state index < -0.39 is 0 Å². The maximum atomic E-state index is 12.4. The van der Waals surface area contributed by atoms with Gasteiger partial charge in [-0.05, 0) is 24.8 Å². The van der Waals surface area contributed by atoms with Crippen LogP contribution in [0.2, 0.25) is 0 Å². The van der Waals surface area contributed by atoms with Crippen LogP contribution >= 0.6 is 0 Å². The third-order valence-electron chi connectivity index (χ3n) is 4.81. The molecule has 0 radical (unpaired) electrons. The first-order valence-corrected chi connectivity index (χ1v) is 8.57. The van der Waals surface area contributed by atoms with Crippen LogP contribution in [0.1, 0.15) is 38.5 Å². The van der Waals surface area contributed by atoms with Crippen molar-refractivity contribution in [3.8, 4) is 5.88 Å². The van der Waals surface area contributed by atoms with E-state index in [4.69, 9.17) is 4.74 Å². The number of carbonyl (C=O) groups is 1. The summed E-state index contributed by atoms with van der Waals surface area (Å²) >= 11 is 0. The lowest BCUT2D eigenvalue weighted by molar-refractivity contribution is -0.131. The van der Waals surface area contributed by atoms with Crippen LogP contribution in [0.3, 0.4) is 0 Å². The first kappa shape index (κ1) is 16.0. The van der Waals surface area contributed by atoms with Gasteiger partial charge in [0.2, 0.25) is 11.8 Å². The summed E-state index contributed by atoms with van der Waals surface area (Å²) in [6.07, 6.45) is 6.61. The summed E-state index contributed by atoms with van der Waals surface area (Å²) in [6.45, 7) is 1.46. The summed E-state index contributed by atoms with van der Waals surface area (Å²) in [5, 5.41) is 8.21. The number of hydrogen-bond donors (Lipinski definition) is 0. The van der Waals surface area contributed by atoms with Crippen LogP contribution in [-0.2, 0) is 4.79 Å². The number of ether oxygens (including phenoxy) is 1. The van der Waals surface area contributed by atoms with Crippen molar-refractivity contribution in [2.75, 3.05) is 32.1 Å². The minimum atomic E-state index is 0.0297. The van der Waals surface area contributed by atoms with Gasteiger partial charge in [0.05, 0.1) is 6.54 Å². The number of hydrogen-bond acceptors (Lipinski definition) is 5. The fourth-order valence-corrected chi connectivity index (χ4v) is 3.43. The van der Waals surface area contributed by atoms with Gasteiger partial charge in [0, 0.05) is 39.5 Å². The average Bonchev–Trinajstić information content (AvgIpc) is 3.19. The first-order chi connectivity index (χ1) is 11.1. The third-order valence-corrected chi connectivity index (χ3v) is 4.81. The second-order valence-electron chi connectivity index (χ2n) is 6.85. The van der Waals surface area contributed by atoms with Crippen LogP contribution in [0, 0.1) is 5.92 Å². The molecule has 2 heterocycles. The molecule has 2 fully saturated rings. The predicted molar refractivity (Wildman–Crippen MR) is 88.5 cm³/mol. The van der Waals surface area contributed by atoms with Crippen molar-refractivity contribution >= 4 is 11.7 Å². The Kier molecular flexibility index (Phi) is 4.98. The Morgan fingerprint density at radius 1 is 1.26 bits per heavy atom. The summed E-state index contributed by atoms with van der Waals surface area (Å²) in [7, 11) is 3.85. The topological polar surface area (TPSA) is 58.6 Å². The van der Waals surface area contributed by atoms with E-state index in [0.717, 1.165) is 18.8 Å². The maximum Gasteiger partial charge on any atom is 0.233 e. The fourth-order valence-electron chi connectivity index (χ4n) is 3.43. The van der Waals surface area contributed by atoms with Gasteiger partial charge in [-0.25, -0.2) is 0 Å². The van der Waals surface area contributed by atoms with E-state index in [1.54, 1.807) is 0 Å². The molecule has 1 amide bonds. The predicted octanol–water partition coefficient (Wildman–Crippen LogP) is 2.10. The van der Waals surface area contributed by atoms with E-state index in [2.05, 4.69) is 10.2 Å². The molecule has 1 aliphatic heterocycles. The highest BCUT2D eigenvalue weighted by Gasteiger charge is 2.29. The van der Waals surface area contributed by atoms with E-state index in [0.29, 0.717) is 24.8 Å². The smallest absolute Gasteiger partial charge is 0.233 e. The molecule has 1 aromatic rings. The van der Waals surface area contributed by atoms with Gasteiger partial charge >= 0.3 is 0 Å². The van der Waals surface area contributed by atoms with Gasteiger partial charge in [0.15, 0.2) is 5.82 Å². The van der Waals surface area contributed by atoms with Crippen molar-refractivity contribution in [1.29, 1.82) is 0 Å². The normalized spacial score (nSPS) is 21.7. The maximum absolute atomic E-state index is 12.4. The number of likely N-dealkylation sites (tertiary alicyclic amines) is 1. The Morgan fingerprint density at radius 2 is 2.04 bits per heavy atom. The highest BCUT2D eigenvalue weighted by molar-refractivity contribution is 5.76. The lowest BCUT2D eigenvalue weighted by Crippen LogP contribution is -2.32. The molecule has 0 aromatic carbocycles. The number of anilines is 1. The molecule has 6 nitrogen and oxygen atoms in total. The van der Waals surface area contributed by atoms with Gasteiger partial charge in [0.25, 0.3) is 0 Å². The Morgan fingerprint density at radius 3 is 2.70 bits per heavy atom. The minimum Gasteiger partial charge on any atom is -0.471 e. The summed E-state index contributed by atoms with van der Waals surface area (Å²) < 4.78 is 5.87. The van der Waals surface area contributed by atoms with Crippen molar-refractivity contribution in [1.82, 2.24) is 15.1 Å². The molecule has 0 spiro atoms. The summed E-state index contributed by atoms with van der Waals surface area (Å²) in [5.74, 6) is 2.23. The van der Waals surface area contributed by atoms with Crippen LogP contribution in [0.25, 0.3) is 0 Å². The molecule has 1 saturated carbocycles. The number of rotatable bonds is 5. The molecule has 23 heavy (non-hydrogen) atoms. The number of nitrogens with zero attached hydrogens (tertiary/aromatic N) is 4. The molecule has 1 unspecified atom stereocenters. The van der Waals surface area contributed by atoms with Crippen LogP contribution in [0.5, 0.6) is 5.88 Å². The average molecular weight is 318 g/mol. The van der Waals surface area contributed by atoms with Crippen LogP contribution in [0.4, 0.5) is 5.82 Å².